The normalized spacial score (nSPS) is 10.7. The van der Waals surface area contributed by atoms with Crippen LogP contribution in [0.15, 0.2) is 60.7 Å². The van der Waals surface area contributed by atoms with Crippen LogP contribution in [0.25, 0.3) is 11.1 Å². The van der Waals surface area contributed by atoms with E-state index in [9.17, 15) is 14.0 Å². The Hall–Kier alpha value is -3.71. The molecular formula is C25H25FN2O4. The van der Waals surface area contributed by atoms with Gasteiger partial charge in [0.25, 0.3) is 0 Å². The average Bonchev–Trinajstić information content (AvgIpc) is 2.73. The highest BCUT2D eigenvalue weighted by Crippen LogP contribution is 2.29. The van der Waals surface area contributed by atoms with Gasteiger partial charge in [0, 0.05) is 7.05 Å². The van der Waals surface area contributed by atoms with Crippen molar-refractivity contribution in [3.05, 3.63) is 88.7 Å². The number of hydroxylamine groups is 2. The molecule has 0 aliphatic heterocycles. The van der Waals surface area contributed by atoms with Crippen LogP contribution in [0.1, 0.15) is 22.3 Å². The summed E-state index contributed by atoms with van der Waals surface area (Å²) in [6, 6.07) is 18.2. The van der Waals surface area contributed by atoms with Crippen LogP contribution >= 0.6 is 0 Å². The fraction of sp³-hybridized carbons (Fsp3) is 0.200. The smallest absolute Gasteiger partial charge is 0.432 e. The number of hydrogen-bond acceptors (Lipinski definition) is 5. The first-order valence-corrected chi connectivity index (χ1v) is 10.1. The number of imide groups is 1. The van der Waals surface area contributed by atoms with E-state index in [0.717, 1.165) is 33.4 Å². The molecule has 0 fully saturated rings. The summed E-state index contributed by atoms with van der Waals surface area (Å²) in [4.78, 5) is 26.4. The van der Waals surface area contributed by atoms with Gasteiger partial charge in [-0.3, -0.25) is 10.1 Å². The third-order valence-electron chi connectivity index (χ3n) is 4.88. The number of amides is 2. The molecule has 7 heteroatoms. The fourth-order valence-corrected chi connectivity index (χ4v) is 3.51. The number of ether oxygens (including phenoxy) is 1. The van der Waals surface area contributed by atoms with E-state index in [-0.39, 0.29) is 18.8 Å². The van der Waals surface area contributed by atoms with Crippen molar-refractivity contribution in [2.45, 2.75) is 27.0 Å². The molecule has 0 bridgehead atoms. The van der Waals surface area contributed by atoms with Crippen LogP contribution < -0.4 is 10.1 Å². The standard InChI is InChI=1S/C25H25FN2O4/c1-17-5-4-6-18(2)24(17)21-11-20(12-22(26)13-21)15-31-23-9-7-19(8-10-23)14-28(3)32-25(30)27-16-29/h4-13,16H,14-15H2,1-3H3,(H,27,29,30). The number of hydrogen-bond donors (Lipinski definition) is 1. The second-order valence-corrected chi connectivity index (χ2v) is 7.47. The van der Waals surface area contributed by atoms with Gasteiger partial charge in [-0.2, -0.15) is 0 Å². The maximum absolute atomic E-state index is 14.3. The van der Waals surface area contributed by atoms with Gasteiger partial charge in [-0.15, -0.1) is 5.06 Å². The van der Waals surface area contributed by atoms with Gasteiger partial charge >= 0.3 is 6.09 Å². The molecular weight excluding hydrogens is 411 g/mol. The highest BCUT2D eigenvalue weighted by molar-refractivity contribution is 5.79. The molecule has 0 spiro atoms. The lowest BCUT2D eigenvalue weighted by atomic mass is 9.94. The van der Waals surface area contributed by atoms with E-state index in [4.69, 9.17) is 9.57 Å². The molecule has 0 aliphatic rings. The van der Waals surface area contributed by atoms with Crippen LogP contribution in [0.5, 0.6) is 5.75 Å². The van der Waals surface area contributed by atoms with Gasteiger partial charge in [0.05, 0.1) is 6.54 Å². The molecule has 2 amide bonds. The molecule has 0 aliphatic carbocycles. The number of rotatable bonds is 8. The van der Waals surface area contributed by atoms with Crippen LogP contribution in [0.3, 0.4) is 0 Å². The molecule has 3 aromatic rings. The monoisotopic (exact) mass is 436 g/mol. The quantitative estimate of drug-likeness (QED) is 0.401. The molecule has 3 rings (SSSR count). The largest absolute Gasteiger partial charge is 0.489 e. The zero-order valence-corrected chi connectivity index (χ0v) is 18.2. The van der Waals surface area contributed by atoms with Crippen molar-refractivity contribution in [2.75, 3.05) is 7.05 Å². The van der Waals surface area contributed by atoms with Gasteiger partial charge in [0.2, 0.25) is 6.41 Å². The summed E-state index contributed by atoms with van der Waals surface area (Å²) in [5.74, 6) is 0.328. The van der Waals surface area contributed by atoms with Crippen molar-refractivity contribution in [3.63, 3.8) is 0 Å². The number of carbonyl (C=O) groups excluding carboxylic acids is 2. The number of aryl methyl sites for hydroxylation is 2. The zero-order chi connectivity index (χ0) is 23.1. The second-order valence-electron chi connectivity index (χ2n) is 7.47. The number of benzene rings is 3. The Morgan fingerprint density at radius 1 is 1.03 bits per heavy atom. The number of nitrogens with zero attached hydrogens (tertiary/aromatic N) is 1. The highest BCUT2D eigenvalue weighted by atomic mass is 19.1. The summed E-state index contributed by atoms with van der Waals surface area (Å²) in [6.45, 7) is 4.59. The molecule has 0 radical (unpaired) electrons. The maximum atomic E-state index is 14.3. The van der Waals surface area contributed by atoms with Gasteiger partial charge in [-0.25, -0.2) is 9.18 Å². The number of halogens is 1. The molecule has 166 valence electrons. The second kappa shape index (κ2) is 10.5. The highest BCUT2D eigenvalue weighted by Gasteiger charge is 2.10. The van der Waals surface area contributed by atoms with E-state index < -0.39 is 6.09 Å². The predicted molar refractivity (Wildman–Crippen MR) is 119 cm³/mol. The van der Waals surface area contributed by atoms with E-state index in [2.05, 4.69) is 0 Å². The lowest BCUT2D eigenvalue weighted by molar-refractivity contribution is -0.112. The van der Waals surface area contributed by atoms with Crippen molar-refractivity contribution >= 4 is 12.5 Å². The van der Waals surface area contributed by atoms with Crippen LogP contribution in [-0.2, 0) is 22.8 Å². The first-order valence-electron chi connectivity index (χ1n) is 10.1. The lowest BCUT2D eigenvalue weighted by Gasteiger charge is -2.16. The Kier molecular flexibility index (Phi) is 7.57. The molecule has 0 saturated heterocycles. The van der Waals surface area contributed by atoms with E-state index in [1.54, 1.807) is 25.2 Å². The lowest BCUT2D eigenvalue weighted by Crippen LogP contribution is -2.30. The van der Waals surface area contributed by atoms with Crippen molar-refractivity contribution < 1.29 is 23.6 Å². The summed E-state index contributed by atoms with van der Waals surface area (Å²) in [5, 5.41) is 3.20. The van der Waals surface area contributed by atoms with Gasteiger partial charge in [-0.1, -0.05) is 30.3 Å². The van der Waals surface area contributed by atoms with Crippen molar-refractivity contribution in [2.24, 2.45) is 0 Å². The number of carbonyl (C=O) groups is 2. The summed E-state index contributed by atoms with van der Waals surface area (Å²) < 4.78 is 20.1. The minimum absolute atomic E-state index is 0.226. The molecule has 0 saturated carbocycles. The first kappa shape index (κ1) is 23.0. The molecule has 32 heavy (non-hydrogen) atoms. The Labute approximate surface area is 186 Å². The fourth-order valence-electron chi connectivity index (χ4n) is 3.51. The maximum Gasteiger partial charge on any atom is 0.432 e. The van der Waals surface area contributed by atoms with Crippen molar-refractivity contribution in [1.29, 1.82) is 0 Å². The minimum atomic E-state index is -0.849. The Morgan fingerprint density at radius 2 is 1.72 bits per heavy atom. The van der Waals surface area contributed by atoms with Crippen LogP contribution in [-0.4, -0.2) is 24.6 Å². The van der Waals surface area contributed by atoms with Crippen molar-refractivity contribution in [1.82, 2.24) is 10.4 Å². The summed E-state index contributed by atoms with van der Waals surface area (Å²) in [6.07, 6.45) is -0.593. The Morgan fingerprint density at radius 3 is 2.38 bits per heavy atom. The van der Waals surface area contributed by atoms with E-state index >= 15 is 0 Å². The SMILES string of the molecule is Cc1cccc(C)c1-c1cc(F)cc(COc2ccc(CN(C)OC(=O)NC=O)cc2)c1. The van der Waals surface area contributed by atoms with E-state index in [1.807, 2.05) is 55.6 Å². The van der Waals surface area contributed by atoms with E-state index in [0.29, 0.717) is 12.3 Å². The summed E-state index contributed by atoms with van der Waals surface area (Å²) >= 11 is 0. The molecule has 0 atom stereocenters. The molecule has 0 heterocycles. The van der Waals surface area contributed by atoms with Gasteiger partial charge < -0.3 is 9.57 Å². The van der Waals surface area contributed by atoms with Gasteiger partial charge in [0.15, 0.2) is 0 Å². The molecule has 3 aromatic carbocycles. The first-order chi connectivity index (χ1) is 15.4. The molecule has 0 unspecified atom stereocenters. The number of nitrogens with one attached hydrogen (secondary N) is 1. The van der Waals surface area contributed by atoms with E-state index in [1.165, 1.54) is 11.1 Å². The van der Waals surface area contributed by atoms with Crippen molar-refractivity contribution in [3.8, 4) is 16.9 Å². The van der Waals surface area contributed by atoms with Crippen LogP contribution in [0.2, 0.25) is 0 Å². The van der Waals surface area contributed by atoms with Gasteiger partial charge in [-0.05, 0) is 77.6 Å². The average molecular weight is 436 g/mol. The molecule has 1 N–H and O–H groups in total. The topological polar surface area (TPSA) is 67.9 Å². The Balaban J connectivity index is 1.64. The summed E-state index contributed by atoms with van der Waals surface area (Å²) in [5.41, 5.74) is 5.66. The van der Waals surface area contributed by atoms with Crippen LogP contribution in [0, 0.1) is 19.7 Å². The van der Waals surface area contributed by atoms with Crippen LogP contribution in [0.4, 0.5) is 9.18 Å². The third-order valence-corrected chi connectivity index (χ3v) is 4.88. The zero-order valence-electron chi connectivity index (χ0n) is 18.2. The third kappa shape index (κ3) is 6.15. The predicted octanol–water partition coefficient (Wildman–Crippen LogP) is 4.92. The Bertz CT molecular complexity index is 1080. The minimum Gasteiger partial charge on any atom is -0.489 e. The molecule has 0 aromatic heterocycles. The molecule has 6 nitrogen and oxygen atoms in total. The van der Waals surface area contributed by atoms with Gasteiger partial charge in [0.1, 0.15) is 18.2 Å². The summed E-state index contributed by atoms with van der Waals surface area (Å²) in [7, 11) is 1.58.